The van der Waals surface area contributed by atoms with E-state index in [1.807, 2.05) is 6.92 Å². The zero-order valence-corrected chi connectivity index (χ0v) is 13.4. The van der Waals surface area contributed by atoms with Crippen LogP contribution in [-0.4, -0.2) is 33.0 Å². The molecule has 7 heteroatoms. The van der Waals surface area contributed by atoms with Crippen molar-refractivity contribution in [3.05, 3.63) is 33.5 Å². The van der Waals surface area contributed by atoms with Gasteiger partial charge in [-0.3, -0.25) is 4.79 Å². The van der Waals surface area contributed by atoms with E-state index in [4.69, 9.17) is 4.52 Å². The number of nitrogens with zero attached hydrogens (tertiary/aromatic N) is 5. The minimum absolute atomic E-state index is 0.0422. The molecule has 122 valence electrons. The van der Waals surface area contributed by atoms with Gasteiger partial charge in [-0.25, -0.2) is 4.68 Å². The molecule has 0 amide bonds. The van der Waals surface area contributed by atoms with Gasteiger partial charge in [0.1, 0.15) is 0 Å². The standard InChI is InChI=1S/C16H21N5O2/c1-11-17-16(23-19-11)20-7-5-12(6-8-20)10-21-15(22)9-13-3-2-4-14(13)18-21/h9,12H,2-8,10H2,1H3. The Bertz CT molecular complexity index is 758. The summed E-state index contributed by atoms with van der Waals surface area (Å²) in [6, 6.07) is 2.39. The fourth-order valence-electron chi connectivity index (χ4n) is 3.54. The molecule has 0 spiro atoms. The lowest BCUT2D eigenvalue weighted by Gasteiger charge is -2.30. The van der Waals surface area contributed by atoms with Crippen LogP contribution in [0.5, 0.6) is 0 Å². The lowest BCUT2D eigenvalue weighted by atomic mass is 9.97. The Hall–Kier alpha value is -2.18. The minimum Gasteiger partial charge on any atom is -0.324 e. The quantitative estimate of drug-likeness (QED) is 0.850. The van der Waals surface area contributed by atoms with E-state index >= 15 is 0 Å². The van der Waals surface area contributed by atoms with Crippen molar-refractivity contribution >= 4 is 6.01 Å². The second-order valence-electron chi connectivity index (χ2n) is 6.54. The average molecular weight is 315 g/mol. The van der Waals surface area contributed by atoms with E-state index in [0.717, 1.165) is 56.5 Å². The molecular weight excluding hydrogens is 294 g/mol. The van der Waals surface area contributed by atoms with Gasteiger partial charge < -0.3 is 9.42 Å². The summed E-state index contributed by atoms with van der Waals surface area (Å²) in [5, 5.41) is 8.42. The minimum atomic E-state index is 0.0422. The highest BCUT2D eigenvalue weighted by Gasteiger charge is 2.24. The van der Waals surface area contributed by atoms with Crippen LogP contribution in [0.3, 0.4) is 0 Å². The summed E-state index contributed by atoms with van der Waals surface area (Å²) in [5.74, 6) is 1.14. The topological polar surface area (TPSA) is 77.0 Å². The zero-order chi connectivity index (χ0) is 15.8. The smallest absolute Gasteiger partial charge is 0.324 e. The Kier molecular flexibility index (Phi) is 3.63. The van der Waals surface area contributed by atoms with E-state index in [-0.39, 0.29) is 5.56 Å². The van der Waals surface area contributed by atoms with Gasteiger partial charge in [-0.1, -0.05) is 5.16 Å². The van der Waals surface area contributed by atoms with Gasteiger partial charge in [0.15, 0.2) is 5.82 Å². The predicted octanol–water partition coefficient (Wildman–Crippen LogP) is 1.34. The van der Waals surface area contributed by atoms with E-state index in [2.05, 4.69) is 20.1 Å². The second-order valence-corrected chi connectivity index (χ2v) is 6.54. The molecule has 2 aromatic heterocycles. The van der Waals surface area contributed by atoms with Crippen LogP contribution in [0.2, 0.25) is 0 Å². The van der Waals surface area contributed by atoms with Gasteiger partial charge in [0.2, 0.25) is 0 Å². The monoisotopic (exact) mass is 315 g/mol. The first-order chi connectivity index (χ1) is 11.2. The van der Waals surface area contributed by atoms with E-state index in [1.54, 1.807) is 10.7 Å². The first-order valence-electron chi connectivity index (χ1n) is 8.34. The number of rotatable bonds is 3. The van der Waals surface area contributed by atoms with Crippen molar-refractivity contribution in [2.75, 3.05) is 18.0 Å². The Morgan fingerprint density at radius 3 is 2.87 bits per heavy atom. The fourth-order valence-corrected chi connectivity index (χ4v) is 3.54. The van der Waals surface area contributed by atoms with Crippen LogP contribution in [0.15, 0.2) is 15.4 Å². The Morgan fingerprint density at radius 2 is 2.13 bits per heavy atom. The molecule has 0 atom stereocenters. The van der Waals surface area contributed by atoms with Crippen LogP contribution < -0.4 is 10.5 Å². The van der Waals surface area contributed by atoms with Gasteiger partial charge >= 0.3 is 6.01 Å². The predicted molar refractivity (Wildman–Crippen MR) is 84.5 cm³/mol. The maximum atomic E-state index is 12.2. The molecule has 0 saturated carbocycles. The number of hydrogen-bond donors (Lipinski definition) is 0. The highest BCUT2D eigenvalue weighted by molar-refractivity contribution is 5.25. The highest BCUT2D eigenvalue weighted by atomic mass is 16.5. The molecule has 1 fully saturated rings. The van der Waals surface area contributed by atoms with E-state index in [1.165, 1.54) is 0 Å². The summed E-state index contributed by atoms with van der Waals surface area (Å²) in [7, 11) is 0. The molecule has 0 radical (unpaired) electrons. The number of fused-ring (bicyclic) bond motifs is 1. The van der Waals surface area contributed by atoms with Crippen LogP contribution in [0, 0.1) is 12.8 Å². The number of piperidine rings is 1. The molecule has 7 nitrogen and oxygen atoms in total. The van der Waals surface area contributed by atoms with Crippen molar-refractivity contribution in [2.45, 2.75) is 45.6 Å². The largest absolute Gasteiger partial charge is 0.324 e. The third kappa shape index (κ3) is 2.87. The van der Waals surface area contributed by atoms with Gasteiger partial charge in [-0.05, 0) is 50.5 Å². The molecule has 0 N–H and O–H groups in total. The van der Waals surface area contributed by atoms with E-state index in [9.17, 15) is 4.79 Å². The molecular formula is C16H21N5O2. The molecule has 4 rings (SSSR count). The van der Waals surface area contributed by atoms with Crippen LogP contribution in [0.25, 0.3) is 0 Å². The summed E-state index contributed by atoms with van der Waals surface area (Å²) >= 11 is 0. The second kappa shape index (κ2) is 5.79. The van der Waals surface area contributed by atoms with Crippen LogP contribution in [-0.2, 0) is 19.4 Å². The van der Waals surface area contributed by atoms with Gasteiger partial charge in [0, 0.05) is 25.7 Å². The first kappa shape index (κ1) is 14.4. The van der Waals surface area contributed by atoms with Crippen molar-refractivity contribution in [3.8, 4) is 0 Å². The third-order valence-electron chi connectivity index (χ3n) is 4.86. The Morgan fingerprint density at radius 1 is 1.30 bits per heavy atom. The molecule has 3 heterocycles. The molecule has 1 aliphatic heterocycles. The summed E-state index contributed by atoms with van der Waals surface area (Å²) in [5.41, 5.74) is 2.30. The Labute approximate surface area is 134 Å². The number of aromatic nitrogens is 4. The van der Waals surface area contributed by atoms with Crippen LogP contribution in [0.1, 0.15) is 36.3 Å². The number of aryl methyl sites for hydroxylation is 3. The van der Waals surface area contributed by atoms with Crippen molar-refractivity contribution in [2.24, 2.45) is 5.92 Å². The van der Waals surface area contributed by atoms with Crippen LogP contribution >= 0.6 is 0 Å². The van der Waals surface area contributed by atoms with E-state index in [0.29, 0.717) is 24.3 Å². The molecule has 23 heavy (non-hydrogen) atoms. The number of anilines is 1. The Balaban J connectivity index is 1.41. The van der Waals surface area contributed by atoms with Gasteiger partial charge in [0.05, 0.1) is 5.69 Å². The summed E-state index contributed by atoms with van der Waals surface area (Å²) < 4.78 is 6.89. The molecule has 1 saturated heterocycles. The van der Waals surface area contributed by atoms with Gasteiger partial charge in [0.25, 0.3) is 5.56 Å². The van der Waals surface area contributed by atoms with Crippen LogP contribution in [0.4, 0.5) is 6.01 Å². The normalized spacial score (nSPS) is 18.4. The third-order valence-corrected chi connectivity index (χ3v) is 4.86. The molecule has 0 unspecified atom stereocenters. The summed E-state index contributed by atoms with van der Waals surface area (Å²) in [4.78, 5) is 18.6. The molecule has 0 aromatic carbocycles. The van der Waals surface area contributed by atoms with Gasteiger partial charge in [-0.15, -0.1) is 0 Å². The van der Waals surface area contributed by atoms with Crippen molar-refractivity contribution in [1.82, 2.24) is 19.9 Å². The molecule has 2 aromatic rings. The lowest BCUT2D eigenvalue weighted by Crippen LogP contribution is -2.37. The summed E-state index contributed by atoms with van der Waals surface area (Å²) in [6.07, 6.45) is 5.14. The van der Waals surface area contributed by atoms with E-state index < -0.39 is 0 Å². The number of hydrogen-bond acceptors (Lipinski definition) is 6. The zero-order valence-electron chi connectivity index (χ0n) is 13.4. The highest BCUT2D eigenvalue weighted by Crippen LogP contribution is 2.23. The van der Waals surface area contributed by atoms with Crippen molar-refractivity contribution in [3.63, 3.8) is 0 Å². The van der Waals surface area contributed by atoms with Gasteiger partial charge in [-0.2, -0.15) is 10.1 Å². The SMILES string of the molecule is Cc1noc(N2CCC(Cn3nc4c(cc3=O)CCC4)CC2)n1. The molecule has 2 aliphatic rings. The van der Waals surface area contributed by atoms with Crippen molar-refractivity contribution < 1.29 is 4.52 Å². The maximum absolute atomic E-state index is 12.2. The maximum Gasteiger partial charge on any atom is 0.324 e. The molecule has 0 bridgehead atoms. The lowest BCUT2D eigenvalue weighted by molar-refractivity contribution is 0.318. The van der Waals surface area contributed by atoms with Crippen molar-refractivity contribution in [1.29, 1.82) is 0 Å². The fraction of sp³-hybridized carbons (Fsp3) is 0.625. The first-order valence-corrected chi connectivity index (χ1v) is 8.34. The molecule has 1 aliphatic carbocycles. The summed E-state index contributed by atoms with van der Waals surface area (Å²) in [6.45, 7) is 4.30. The average Bonchev–Trinajstić information content (AvgIpc) is 3.17.